The molecule has 0 spiro atoms. The van der Waals surface area contributed by atoms with Gasteiger partial charge in [0, 0.05) is 17.6 Å². The van der Waals surface area contributed by atoms with E-state index in [1.54, 1.807) is 0 Å². The average Bonchev–Trinajstić information content (AvgIpc) is 2.20. The van der Waals surface area contributed by atoms with Crippen LogP contribution in [0.25, 0.3) is 0 Å². The lowest BCUT2D eigenvalue weighted by atomic mass is 10.2. The highest BCUT2D eigenvalue weighted by Crippen LogP contribution is 2.22. The number of aromatic nitrogens is 1. The largest absolute Gasteiger partial charge is 0.372 e. The summed E-state index contributed by atoms with van der Waals surface area (Å²) in [5, 5.41) is 0. The van der Waals surface area contributed by atoms with Crippen LogP contribution >= 0.6 is 15.9 Å². The first kappa shape index (κ1) is 11.9. The van der Waals surface area contributed by atoms with Crippen LogP contribution in [0, 0.1) is 6.92 Å². The molecule has 0 aromatic carbocycles. The van der Waals surface area contributed by atoms with E-state index in [1.165, 1.54) is 0 Å². The van der Waals surface area contributed by atoms with Gasteiger partial charge in [0.1, 0.15) is 5.82 Å². The van der Waals surface area contributed by atoms with Gasteiger partial charge in [0.25, 0.3) is 0 Å². The first-order chi connectivity index (χ1) is 7.56. The van der Waals surface area contributed by atoms with Crippen LogP contribution in [-0.4, -0.2) is 30.3 Å². The van der Waals surface area contributed by atoms with Crippen LogP contribution in [0.1, 0.15) is 19.5 Å². The average molecular weight is 285 g/mol. The Hall–Kier alpha value is -0.610. The second kappa shape index (κ2) is 4.72. The molecule has 88 valence electrons. The summed E-state index contributed by atoms with van der Waals surface area (Å²) in [4.78, 5) is 6.88. The fourth-order valence-corrected chi connectivity index (χ4v) is 2.29. The van der Waals surface area contributed by atoms with E-state index in [1.807, 2.05) is 6.92 Å². The Morgan fingerprint density at radius 1 is 1.31 bits per heavy atom. The summed E-state index contributed by atoms with van der Waals surface area (Å²) in [5.41, 5.74) is 1.03. The van der Waals surface area contributed by atoms with Gasteiger partial charge in [0.05, 0.1) is 17.9 Å². The molecule has 1 fully saturated rings. The summed E-state index contributed by atoms with van der Waals surface area (Å²) in [6, 6.07) is 4.12. The van der Waals surface area contributed by atoms with E-state index in [-0.39, 0.29) is 12.2 Å². The molecule has 1 aliphatic rings. The Morgan fingerprint density at radius 2 is 1.94 bits per heavy atom. The van der Waals surface area contributed by atoms with Crippen molar-refractivity contribution in [3.05, 3.63) is 22.3 Å². The van der Waals surface area contributed by atoms with Gasteiger partial charge in [-0.25, -0.2) is 4.98 Å². The third-order valence-corrected chi connectivity index (χ3v) is 3.59. The van der Waals surface area contributed by atoms with Gasteiger partial charge in [0.2, 0.25) is 0 Å². The predicted molar refractivity (Wildman–Crippen MR) is 68.9 cm³/mol. The number of morpholine rings is 1. The monoisotopic (exact) mass is 284 g/mol. The molecule has 2 rings (SSSR count). The molecule has 1 saturated heterocycles. The number of hydrogen-bond donors (Lipinski definition) is 0. The van der Waals surface area contributed by atoms with Gasteiger partial charge in [-0.15, -0.1) is 0 Å². The minimum atomic E-state index is 0.273. The molecule has 3 nitrogen and oxygen atoms in total. The first-order valence-corrected chi connectivity index (χ1v) is 6.39. The molecule has 0 radical (unpaired) electrons. The van der Waals surface area contributed by atoms with E-state index in [2.05, 4.69) is 51.8 Å². The zero-order valence-electron chi connectivity index (χ0n) is 9.90. The normalized spacial score (nSPS) is 25.9. The molecule has 4 heteroatoms. The second-order valence-electron chi connectivity index (χ2n) is 4.40. The Morgan fingerprint density at radius 3 is 2.50 bits per heavy atom. The molecule has 1 aromatic rings. The van der Waals surface area contributed by atoms with Crippen molar-refractivity contribution in [1.29, 1.82) is 0 Å². The molecular weight excluding hydrogens is 268 g/mol. The van der Waals surface area contributed by atoms with Crippen molar-refractivity contribution >= 4 is 21.7 Å². The molecule has 1 aliphatic heterocycles. The van der Waals surface area contributed by atoms with E-state index in [9.17, 15) is 0 Å². The standard InChI is InChI=1S/C12H17BrN2O/c1-8-6-15(7-9(2)16-8)12-5-4-11(13)10(3)14-12/h4-5,8-9H,6-7H2,1-3H3. The Bertz CT molecular complexity index is 373. The molecular formula is C12H17BrN2O. The fourth-order valence-electron chi connectivity index (χ4n) is 2.07. The SMILES string of the molecule is Cc1nc(N2CC(C)OC(C)C2)ccc1Br. The Balaban J connectivity index is 2.19. The lowest BCUT2D eigenvalue weighted by Crippen LogP contribution is -2.45. The molecule has 2 heterocycles. The molecule has 1 aromatic heterocycles. The number of aryl methyl sites for hydroxylation is 1. The van der Waals surface area contributed by atoms with Crippen molar-refractivity contribution in [2.45, 2.75) is 33.0 Å². The van der Waals surface area contributed by atoms with Crippen molar-refractivity contribution in [2.75, 3.05) is 18.0 Å². The first-order valence-electron chi connectivity index (χ1n) is 5.60. The van der Waals surface area contributed by atoms with Crippen molar-refractivity contribution in [2.24, 2.45) is 0 Å². The summed E-state index contributed by atoms with van der Waals surface area (Å²) in [6.45, 7) is 8.06. The zero-order chi connectivity index (χ0) is 11.7. The van der Waals surface area contributed by atoms with Gasteiger partial charge in [-0.2, -0.15) is 0 Å². The zero-order valence-corrected chi connectivity index (χ0v) is 11.5. The van der Waals surface area contributed by atoms with Crippen molar-refractivity contribution in [3.63, 3.8) is 0 Å². The molecule has 0 aliphatic carbocycles. The minimum absolute atomic E-state index is 0.273. The number of halogens is 1. The summed E-state index contributed by atoms with van der Waals surface area (Å²) in [5.74, 6) is 1.04. The Labute approximate surface area is 105 Å². The summed E-state index contributed by atoms with van der Waals surface area (Å²) in [6.07, 6.45) is 0.545. The van der Waals surface area contributed by atoms with Crippen LogP contribution in [0.4, 0.5) is 5.82 Å². The van der Waals surface area contributed by atoms with Gasteiger partial charge in [-0.3, -0.25) is 0 Å². The van der Waals surface area contributed by atoms with E-state index < -0.39 is 0 Å². The number of pyridine rings is 1. The van der Waals surface area contributed by atoms with Gasteiger partial charge in [-0.1, -0.05) is 0 Å². The van der Waals surface area contributed by atoms with Gasteiger partial charge in [0.15, 0.2) is 0 Å². The van der Waals surface area contributed by atoms with E-state index in [0.717, 1.165) is 29.1 Å². The van der Waals surface area contributed by atoms with Crippen LogP contribution in [0.15, 0.2) is 16.6 Å². The quantitative estimate of drug-likeness (QED) is 0.793. The number of hydrogen-bond acceptors (Lipinski definition) is 3. The third kappa shape index (κ3) is 2.55. The third-order valence-electron chi connectivity index (χ3n) is 2.75. The number of rotatable bonds is 1. The number of nitrogens with zero attached hydrogens (tertiary/aromatic N) is 2. The van der Waals surface area contributed by atoms with Crippen molar-refractivity contribution in [3.8, 4) is 0 Å². The van der Waals surface area contributed by atoms with Gasteiger partial charge >= 0.3 is 0 Å². The molecule has 2 unspecified atom stereocenters. The molecule has 0 N–H and O–H groups in total. The van der Waals surface area contributed by atoms with E-state index in [4.69, 9.17) is 4.74 Å². The summed E-state index contributed by atoms with van der Waals surface area (Å²) in [7, 11) is 0. The number of ether oxygens (including phenoxy) is 1. The van der Waals surface area contributed by atoms with Crippen molar-refractivity contribution < 1.29 is 4.74 Å². The maximum Gasteiger partial charge on any atom is 0.129 e. The predicted octanol–water partition coefficient (Wildman–Crippen LogP) is 2.77. The van der Waals surface area contributed by atoms with Crippen LogP contribution in [0.5, 0.6) is 0 Å². The molecule has 0 saturated carbocycles. The highest BCUT2D eigenvalue weighted by atomic mass is 79.9. The topological polar surface area (TPSA) is 25.4 Å². The minimum Gasteiger partial charge on any atom is -0.372 e. The van der Waals surface area contributed by atoms with E-state index in [0.29, 0.717) is 0 Å². The Kier molecular flexibility index (Phi) is 3.50. The molecule has 0 bridgehead atoms. The van der Waals surface area contributed by atoms with Crippen LogP contribution in [-0.2, 0) is 4.74 Å². The summed E-state index contributed by atoms with van der Waals surface area (Å²) >= 11 is 3.47. The fraction of sp³-hybridized carbons (Fsp3) is 0.583. The number of anilines is 1. The lowest BCUT2D eigenvalue weighted by Gasteiger charge is -2.36. The highest BCUT2D eigenvalue weighted by molar-refractivity contribution is 9.10. The van der Waals surface area contributed by atoms with Crippen LogP contribution in [0.3, 0.4) is 0 Å². The molecule has 0 amide bonds. The lowest BCUT2D eigenvalue weighted by molar-refractivity contribution is -0.00546. The molecule has 16 heavy (non-hydrogen) atoms. The van der Waals surface area contributed by atoms with E-state index >= 15 is 0 Å². The summed E-state index contributed by atoms with van der Waals surface area (Å²) < 4.78 is 6.77. The maximum absolute atomic E-state index is 5.71. The smallest absolute Gasteiger partial charge is 0.129 e. The van der Waals surface area contributed by atoms with Gasteiger partial charge < -0.3 is 9.64 Å². The highest BCUT2D eigenvalue weighted by Gasteiger charge is 2.23. The van der Waals surface area contributed by atoms with Crippen LogP contribution in [0.2, 0.25) is 0 Å². The van der Waals surface area contributed by atoms with Gasteiger partial charge in [-0.05, 0) is 48.8 Å². The second-order valence-corrected chi connectivity index (χ2v) is 5.25. The van der Waals surface area contributed by atoms with Crippen LogP contribution < -0.4 is 4.90 Å². The maximum atomic E-state index is 5.71. The molecule has 2 atom stereocenters. The van der Waals surface area contributed by atoms with Crippen molar-refractivity contribution in [1.82, 2.24) is 4.98 Å².